The largest absolute Gasteiger partial charge is 0.453 e. The van der Waals surface area contributed by atoms with Crippen molar-refractivity contribution in [3.8, 4) is 0 Å². The van der Waals surface area contributed by atoms with Crippen molar-refractivity contribution < 1.29 is 9.53 Å². The Kier molecular flexibility index (Phi) is 3.07. The lowest BCUT2D eigenvalue weighted by Crippen LogP contribution is -2.11. The van der Waals surface area contributed by atoms with E-state index in [0.717, 1.165) is 17.8 Å². The zero-order valence-corrected chi connectivity index (χ0v) is 8.96. The van der Waals surface area contributed by atoms with Crippen molar-refractivity contribution in [2.45, 2.75) is 12.8 Å². The van der Waals surface area contributed by atoms with Gasteiger partial charge in [0.05, 0.1) is 0 Å². The van der Waals surface area contributed by atoms with Crippen molar-refractivity contribution in [2.75, 3.05) is 5.88 Å². The Bertz CT molecular complexity index is 400. The number of rotatable bonds is 3. The van der Waals surface area contributed by atoms with E-state index < -0.39 is 0 Å². The molecular weight excluding hydrogens is 212 g/mol. The number of carbonyl (C=O) groups excluding carboxylic acids is 1. The van der Waals surface area contributed by atoms with E-state index in [0.29, 0.717) is 18.1 Å². The highest BCUT2D eigenvalue weighted by molar-refractivity contribution is 6.19. The maximum absolute atomic E-state index is 11.5. The predicted molar refractivity (Wildman–Crippen MR) is 59.4 cm³/mol. The van der Waals surface area contributed by atoms with E-state index in [1.54, 1.807) is 6.08 Å². The molecule has 0 atom stereocenters. The van der Waals surface area contributed by atoms with Crippen LogP contribution in [0, 0.1) is 0 Å². The van der Waals surface area contributed by atoms with Crippen molar-refractivity contribution in [2.24, 2.45) is 0 Å². The average molecular weight is 223 g/mol. The summed E-state index contributed by atoms with van der Waals surface area (Å²) in [6.07, 6.45) is 10.7. The Hall–Kier alpha value is -1.28. The second-order valence-corrected chi connectivity index (χ2v) is 3.73. The molecule has 3 heteroatoms. The van der Waals surface area contributed by atoms with E-state index in [1.807, 2.05) is 18.2 Å². The summed E-state index contributed by atoms with van der Waals surface area (Å²) in [7, 11) is 0. The van der Waals surface area contributed by atoms with E-state index >= 15 is 0 Å². The Balaban J connectivity index is 2.16. The van der Waals surface area contributed by atoms with Gasteiger partial charge in [-0.1, -0.05) is 18.2 Å². The number of fused-ring (bicyclic) bond motifs is 1. The fourth-order valence-corrected chi connectivity index (χ4v) is 1.67. The van der Waals surface area contributed by atoms with Gasteiger partial charge in [-0.3, -0.25) is 4.79 Å². The number of Topliss-reactive ketones (excluding diaryl/α,β-unsaturated/α-hetero) is 1. The van der Waals surface area contributed by atoms with Gasteiger partial charge in [0, 0.05) is 12.3 Å². The number of hydrogen-bond acceptors (Lipinski definition) is 2. The monoisotopic (exact) mass is 222 g/mol. The highest BCUT2D eigenvalue weighted by Crippen LogP contribution is 2.27. The summed E-state index contributed by atoms with van der Waals surface area (Å²) in [5, 5.41) is 0. The summed E-state index contributed by atoms with van der Waals surface area (Å²) in [4.78, 5) is 11.5. The molecule has 0 aromatic carbocycles. The van der Waals surface area contributed by atoms with Gasteiger partial charge in [0.1, 0.15) is 5.76 Å². The van der Waals surface area contributed by atoms with Gasteiger partial charge in [-0.15, -0.1) is 11.6 Å². The highest BCUT2D eigenvalue weighted by atomic mass is 35.5. The van der Waals surface area contributed by atoms with Crippen LogP contribution in [0.4, 0.5) is 0 Å². The maximum Gasteiger partial charge on any atom is 0.199 e. The van der Waals surface area contributed by atoms with E-state index in [2.05, 4.69) is 6.08 Å². The molecule has 0 amide bonds. The van der Waals surface area contributed by atoms with E-state index in [-0.39, 0.29) is 5.78 Å². The van der Waals surface area contributed by atoms with Crippen LogP contribution in [0.5, 0.6) is 0 Å². The molecule has 1 heterocycles. The smallest absolute Gasteiger partial charge is 0.199 e. The number of alkyl halides is 1. The summed E-state index contributed by atoms with van der Waals surface area (Å²) in [6, 6.07) is 0. The minimum absolute atomic E-state index is 0.0456. The molecule has 78 valence electrons. The molecule has 2 rings (SSSR count). The molecule has 0 N–H and O–H groups in total. The van der Waals surface area contributed by atoms with Crippen LogP contribution >= 0.6 is 11.6 Å². The first kappa shape index (κ1) is 10.2. The van der Waals surface area contributed by atoms with Crippen molar-refractivity contribution in [1.82, 2.24) is 0 Å². The van der Waals surface area contributed by atoms with Crippen LogP contribution in [0.1, 0.15) is 12.8 Å². The van der Waals surface area contributed by atoms with E-state index in [4.69, 9.17) is 16.3 Å². The highest BCUT2D eigenvalue weighted by Gasteiger charge is 2.18. The number of ketones is 1. The lowest BCUT2D eigenvalue weighted by atomic mass is 10.0. The number of allylic oxidation sites excluding steroid dienone is 7. The molecule has 0 bridgehead atoms. The van der Waals surface area contributed by atoms with Crippen molar-refractivity contribution in [1.29, 1.82) is 0 Å². The lowest BCUT2D eigenvalue weighted by Gasteiger charge is -2.19. The molecule has 0 unspecified atom stereocenters. The topological polar surface area (TPSA) is 26.3 Å². The molecule has 2 aliphatic rings. The molecule has 0 aromatic heterocycles. The molecule has 0 fully saturated rings. The molecule has 1 aliphatic heterocycles. The van der Waals surface area contributed by atoms with Crippen LogP contribution in [0.15, 0.2) is 47.5 Å². The minimum atomic E-state index is -0.0456. The van der Waals surface area contributed by atoms with Gasteiger partial charge in [-0.05, 0) is 24.1 Å². The third-order valence-corrected chi connectivity index (χ3v) is 2.48. The molecular formula is C12H11ClO2. The van der Waals surface area contributed by atoms with Crippen LogP contribution < -0.4 is 0 Å². The normalized spacial score (nSPS) is 18.3. The summed E-state index contributed by atoms with van der Waals surface area (Å²) < 4.78 is 5.50. The van der Waals surface area contributed by atoms with Crippen LogP contribution in [-0.4, -0.2) is 11.7 Å². The van der Waals surface area contributed by atoms with Crippen molar-refractivity contribution >= 4 is 17.4 Å². The molecule has 0 aromatic rings. The quantitative estimate of drug-likeness (QED) is 0.687. The summed E-state index contributed by atoms with van der Waals surface area (Å²) >= 11 is 5.51. The Morgan fingerprint density at radius 3 is 3.07 bits per heavy atom. The van der Waals surface area contributed by atoms with Gasteiger partial charge >= 0.3 is 0 Å². The van der Waals surface area contributed by atoms with Gasteiger partial charge in [0.25, 0.3) is 0 Å². The molecule has 0 saturated heterocycles. The zero-order chi connectivity index (χ0) is 10.7. The minimum Gasteiger partial charge on any atom is -0.453 e. The standard InChI is InChI=1S/C12H11ClO2/c13-8-7-10(14)12-6-5-9-3-1-2-4-11(9)15-12/h1-2,4-6H,3,7-8H2. The fraction of sp³-hybridized carbons (Fsp3) is 0.250. The van der Waals surface area contributed by atoms with Gasteiger partial charge < -0.3 is 4.74 Å². The summed E-state index contributed by atoms with van der Waals surface area (Å²) in [5.74, 6) is 1.45. The van der Waals surface area contributed by atoms with Crippen molar-refractivity contribution in [3.05, 3.63) is 47.5 Å². The third-order valence-electron chi connectivity index (χ3n) is 2.29. The van der Waals surface area contributed by atoms with Gasteiger partial charge in [-0.2, -0.15) is 0 Å². The zero-order valence-electron chi connectivity index (χ0n) is 8.20. The Labute approximate surface area is 93.6 Å². The molecule has 0 spiro atoms. The Morgan fingerprint density at radius 2 is 2.27 bits per heavy atom. The third kappa shape index (κ3) is 2.21. The van der Waals surface area contributed by atoms with Crippen molar-refractivity contribution in [3.63, 3.8) is 0 Å². The van der Waals surface area contributed by atoms with Crippen LogP contribution in [-0.2, 0) is 9.53 Å². The first-order chi connectivity index (χ1) is 7.31. The molecule has 1 aliphatic carbocycles. The Morgan fingerprint density at radius 1 is 1.40 bits per heavy atom. The van der Waals surface area contributed by atoms with Crippen LogP contribution in [0.25, 0.3) is 0 Å². The van der Waals surface area contributed by atoms with Gasteiger partial charge in [0.15, 0.2) is 11.5 Å². The maximum atomic E-state index is 11.5. The van der Waals surface area contributed by atoms with Gasteiger partial charge in [-0.25, -0.2) is 0 Å². The van der Waals surface area contributed by atoms with E-state index in [1.165, 1.54) is 0 Å². The number of ether oxygens (including phenoxy) is 1. The lowest BCUT2D eigenvalue weighted by molar-refractivity contribution is -0.117. The second kappa shape index (κ2) is 4.49. The number of carbonyl (C=O) groups is 1. The predicted octanol–water partition coefficient (Wildman–Crippen LogP) is 2.87. The number of hydrogen-bond donors (Lipinski definition) is 0. The average Bonchev–Trinajstić information content (AvgIpc) is 2.29. The summed E-state index contributed by atoms with van der Waals surface area (Å²) in [5.41, 5.74) is 1.11. The summed E-state index contributed by atoms with van der Waals surface area (Å²) in [6.45, 7) is 0. The fourth-order valence-electron chi connectivity index (χ4n) is 1.50. The second-order valence-electron chi connectivity index (χ2n) is 3.35. The SMILES string of the molecule is O=C(CCCl)C1=CC=C2CC=CC=C2O1. The van der Waals surface area contributed by atoms with E-state index in [9.17, 15) is 4.79 Å². The number of halogens is 1. The molecule has 2 nitrogen and oxygen atoms in total. The molecule has 0 radical (unpaired) electrons. The molecule has 15 heavy (non-hydrogen) atoms. The molecule has 0 saturated carbocycles. The van der Waals surface area contributed by atoms with Crippen LogP contribution in [0.3, 0.4) is 0 Å². The van der Waals surface area contributed by atoms with Crippen LogP contribution in [0.2, 0.25) is 0 Å². The first-order valence-electron chi connectivity index (χ1n) is 4.86. The van der Waals surface area contributed by atoms with Gasteiger partial charge in [0.2, 0.25) is 0 Å². The first-order valence-corrected chi connectivity index (χ1v) is 5.40.